The van der Waals surface area contributed by atoms with Crippen molar-refractivity contribution in [1.29, 1.82) is 0 Å². The average Bonchev–Trinajstić information content (AvgIpc) is 3.05. The quantitative estimate of drug-likeness (QED) is 0.531. The zero-order valence-electron chi connectivity index (χ0n) is 15.2. The van der Waals surface area contributed by atoms with Crippen LogP contribution < -0.4 is 4.90 Å². The van der Waals surface area contributed by atoms with Crippen LogP contribution in [0.5, 0.6) is 0 Å². The Hall–Kier alpha value is -1.65. The fourth-order valence-electron chi connectivity index (χ4n) is 8.14. The van der Waals surface area contributed by atoms with Crippen LogP contribution >= 0.6 is 0 Å². The van der Waals surface area contributed by atoms with Crippen LogP contribution in [-0.4, -0.2) is 55.3 Å². The molecule has 5 aliphatic heterocycles. The summed E-state index contributed by atoms with van der Waals surface area (Å²) < 4.78 is 7.45. The summed E-state index contributed by atoms with van der Waals surface area (Å²) in [4.78, 5) is 15.5. The summed E-state index contributed by atoms with van der Waals surface area (Å²) >= 11 is 0. The Morgan fingerprint density at radius 3 is 3.12 bits per heavy atom. The summed E-state index contributed by atoms with van der Waals surface area (Å²) in [6.07, 6.45) is 5.51. The number of piperidine rings is 2. The van der Waals surface area contributed by atoms with Crippen molar-refractivity contribution in [1.82, 2.24) is 0 Å². The molecule has 7 atom stereocenters. The lowest BCUT2D eigenvalue weighted by Crippen LogP contribution is -2.72. The van der Waals surface area contributed by atoms with Gasteiger partial charge in [0.2, 0.25) is 5.91 Å². The van der Waals surface area contributed by atoms with Crippen molar-refractivity contribution in [2.75, 3.05) is 31.6 Å². The van der Waals surface area contributed by atoms with Crippen molar-refractivity contribution >= 4 is 11.6 Å². The Labute approximate surface area is 154 Å². The van der Waals surface area contributed by atoms with E-state index in [4.69, 9.17) is 4.74 Å². The zero-order valence-corrected chi connectivity index (χ0v) is 15.2. The molecule has 2 bridgehead atoms. The van der Waals surface area contributed by atoms with E-state index >= 15 is 0 Å². The molecule has 0 radical (unpaired) electrons. The van der Waals surface area contributed by atoms with Crippen LogP contribution in [0.2, 0.25) is 0 Å². The normalized spacial score (nSPS) is 49.6. The van der Waals surface area contributed by atoms with E-state index in [2.05, 4.69) is 42.3 Å². The number of nitrogens with zero attached hydrogens (tertiary/aromatic N) is 2. The number of hydrogen-bond donors (Lipinski definition) is 0. The predicted molar refractivity (Wildman–Crippen MR) is 97.8 cm³/mol. The molecule has 5 heterocycles. The predicted octanol–water partition coefficient (Wildman–Crippen LogP) is 2.24. The van der Waals surface area contributed by atoms with Gasteiger partial charge in [0.1, 0.15) is 12.6 Å². The first-order chi connectivity index (χ1) is 12.6. The Balaban J connectivity index is 1.56. The number of carbonyl (C=O) groups is 1. The Kier molecular flexibility index (Phi) is 2.36. The number of ether oxygens (including phenoxy) is 1. The molecule has 4 fully saturated rings. The summed E-state index contributed by atoms with van der Waals surface area (Å²) in [5.41, 5.74) is 4.43. The molecule has 6 aliphatic rings. The first kappa shape index (κ1) is 14.4. The number of rotatable bonds is 0. The molecule has 1 aromatic carbocycles. The highest BCUT2D eigenvalue weighted by atomic mass is 16.5. The molecule has 134 valence electrons. The van der Waals surface area contributed by atoms with Crippen LogP contribution in [0.1, 0.15) is 24.8 Å². The number of amides is 1. The number of likely N-dealkylation sites (N-methyl/N-ethyl adjacent to an activating group) is 1. The van der Waals surface area contributed by atoms with Gasteiger partial charge in [0.15, 0.2) is 0 Å². The van der Waals surface area contributed by atoms with Crippen LogP contribution in [0.4, 0.5) is 5.69 Å². The Bertz CT molecular complexity index is 894. The molecule has 7 rings (SSSR count). The molecule has 4 nitrogen and oxygen atoms in total. The van der Waals surface area contributed by atoms with Gasteiger partial charge in [-0.25, -0.2) is 0 Å². The molecule has 1 spiro atoms. The largest absolute Gasteiger partial charge is 0.373 e. The molecule has 4 heteroatoms. The number of fused-ring (bicyclic) bond motifs is 2. The fraction of sp³-hybridized carbons (Fsp3) is 0.591. The number of benzene rings is 1. The van der Waals surface area contributed by atoms with Gasteiger partial charge in [0.05, 0.1) is 44.2 Å². The lowest BCUT2D eigenvalue weighted by molar-refractivity contribution is -0.925. The number of carbonyl (C=O) groups excluding carboxylic acids is 1. The van der Waals surface area contributed by atoms with Crippen molar-refractivity contribution < 1.29 is 14.0 Å². The molecule has 1 aromatic rings. The van der Waals surface area contributed by atoms with Crippen molar-refractivity contribution in [2.24, 2.45) is 11.8 Å². The molecule has 0 aromatic heterocycles. The second kappa shape index (κ2) is 4.26. The highest BCUT2D eigenvalue weighted by Gasteiger charge is 2.75. The minimum absolute atomic E-state index is 0.104. The molecule has 0 N–H and O–H groups in total. The summed E-state index contributed by atoms with van der Waals surface area (Å²) in [6, 6.07) is 9.76. The molecular formula is C22H25N2O2+. The Morgan fingerprint density at radius 2 is 2.19 bits per heavy atom. The van der Waals surface area contributed by atoms with Gasteiger partial charge in [-0.1, -0.05) is 24.3 Å². The van der Waals surface area contributed by atoms with E-state index in [1.807, 2.05) is 0 Å². The lowest BCUT2D eigenvalue weighted by atomic mass is 9.53. The summed E-state index contributed by atoms with van der Waals surface area (Å²) in [5.74, 6) is 1.36. The zero-order chi connectivity index (χ0) is 17.3. The van der Waals surface area contributed by atoms with E-state index in [-0.39, 0.29) is 17.4 Å². The number of hydrogen-bond acceptors (Lipinski definition) is 2. The average molecular weight is 349 g/mol. The highest BCUT2D eigenvalue weighted by molar-refractivity contribution is 5.99. The van der Waals surface area contributed by atoms with Crippen molar-refractivity contribution in [3.05, 3.63) is 41.5 Å². The monoisotopic (exact) mass is 349 g/mol. The summed E-state index contributed by atoms with van der Waals surface area (Å²) in [5, 5.41) is 0. The Morgan fingerprint density at radius 1 is 1.31 bits per heavy atom. The smallest absolute Gasteiger partial charge is 0.229 e. The van der Waals surface area contributed by atoms with E-state index in [1.165, 1.54) is 37.2 Å². The van der Waals surface area contributed by atoms with Crippen LogP contribution in [0.3, 0.4) is 0 Å². The third kappa shape index (κ3) is 1.34. The molecular weight excluding hydrogens is 324 g/mol. The maximum absolute atomic E-state index is 13.3. The van der Waals surface area contributed by atoms with Crippen molar-refractivity contribution in [3.8, 4) is 0 Å². The highest BCUT2D eigenvalue weighted by Crippen LogP contribution is 2.67. The van der Waals surface area contributed by atoms with E-state index in [1.54, 1.807) is 5.57 Å². The number of anilines is 1. The molecule has 0 unspecified atom stereocenters. The van der Waals surface area contributed by atoms with E-state index in [9.17, 15) is 4.79 Å². The summed E-state index contributed by atoms with van der Waals surface area (Å²) in [6.45, 7) is 3.12. The maximum atomic E-state index is 13.3. The standard InChI is InChI=1S/C22H25N2O2/c1-24-8-7-22-15-4-2-3-5-16(15)23-19(25)11-17-20(21(22)23)14(10-18(22)24)13(12-24)6-9-26-17/h2-6,14,17-18,20-21H,7-12H2,1H3/q+1/t14-,17+,18-,20+,21+,22+,24+/m1/s1. The molecule has 1 amide bonds. The van der Waals surface area contributed by atoms with Gasteiger partial charge in [-0.15, -0.1) is 0 Å². The van der Waals surface area contributed by atoms with Gasteiger partial charge < -0.3 is 14.1 Å². The first-order valence-corrected chi connectivity index (χ1v) is 10.2. The van der Waals surface area contributed by atoms with Crippen LogP contribution in [0.25, 0.3) is 0 Å². The van der Waals surface area contributed by atoms with E-state index in [0.29, 0.717) is 36.9 Å². The molecule has 3 saturated heterocycles. The number of para-hydroxylation sites is 1. The van der Waals surface area contributed by atoms with Crippen molar-refractivity contribution in [2.45, 2.75) is 42.9 Å². The third-order valence-corrected chi connectivity index (χ3v) is 8.91. The minimum atomic E-state index is 0.104. The third-order valence-electron chi connectivity index (χ3n) is 8.91. The van der Waals surface area contributed by atoms with Crippen LogP contribution in [-0.2, 0) is 14.9 Å². The summed E-state index contributed by atoms with van der Waals surface area (Å²) in [7, 11) is 2.47. The molecule has 26 heavy (non-hydrogen) atoms. The fourth-order valence-corrected chi connectivity index (χ4v) is 8.14. The minimum Gasteiger partial charge on any atom is -0.373 e. The maximum Gasteiger partial charge on any atom is 0.229 e. The van der Waals surface area contributed by atoms with Gasteiger partial charge in [-0.05, 0) is 23.1 Å². The SMILES string of the molecule is C[N@+]12CC[C@]34c5ccccc5N5C(=O)C[C@@H]6OCC=C(C1)[C@@H](C[C@H]32)[C@@H]6[C@H]54. The van der Waals surface area contributed by atoms with E-state index in [0.717, 1.165) is 4.48 Å². The van der Waals surface area contributed by atoms with Gasteiger partial charge >= 0.3 is 0 Å². The second-order valence-corrected chi connectivity index (χ2v) is 9.67. The van der Waals surface area contributed by atoms with Gasteiger partial charge in [-0.3, -0.25) is 4.79 Å². The van der Waals surface area contributed by atoms with E-state index < -0.39 is 0 Å². The molecule has 1 saturated carbocycles. The first-order valence-electron chi connectivity index (χ1n) is 10.2. The number of quaternary nitrogens is 1. The second-order valence-electron chi connectivity index (χ2n) is 9.67. The topological polar surface area (TPSA) is 29.5 Å². The van der Waals surface area contributed by atoms with Crippen LogP contribution in [0, 0.1) is 11.8 Å². The van der Waals surface area contributed by atoms with Crippen LogP contribution in [0.15, 0.2) is 35.9 Å². The van der Waals surface area contributed by atoms with Gasteiger partial charge in [0, 0.05) is 24.4 Å². The van der Waals surface area contributed by atoms with Gasteiger partial charge in [-0.2, -0.15) is 0 Å². The van der Waals surface area contributed by atoms with Crippen molar-refractivity contribution in [3.63, 3.8) is 0 Å². The lowest BCUT2D eigenvalue weighted by Gasteiger charge is -2.59. The van der Waals surface area contributed by atoms with Gasteiger partial charge in [0.25, 0.3) is 0 Å². The molecule has 1 aliphatic carbocycles.